The summed E-state index contributed by atoms with van der Waals surface area (Å²) >= 11 is 0. The lowest BCUT2D eigenvalue weighted by molar-refractivity contribution is -0.138. The van der Waals surface area contributed by atoms with Crippen molar-refractivity contribution in [3.05, 3.63) is 0 Å². The van der Waals surface area contributed by atoms with Crippen LogP contribution in [0.15, 0.2) is 0 Å². The van der Waals surface area contributed by atoms with Crippen molar-refractivity contribution in [2.45, 2.75) is 26.3 Å². The Morgan fingerprint density at radius 2 is 2.21 bits per heavy atom. The van der Waals surface area contributed by atoms with Gasteiger partial charge in [0.15, 0.2) is 0 Å². The van der Waals surface area contributed by atoms with Gasteiger partial charge in [0, 0.05) is 51.8 Å². The third kappa shape index (κ3) is 4.75. The van der Waals surface area contributed by atoms with E-state index in [0.717, 1.165) is 45.8 Å². The van der Waals surface area contributed by atoms with Crippen LogP contribution in [0.1, 0.15) is 20.3 Å². The highest BCUT2D eigenvalue weighted by Gasteiger charge is 2.29. The van der Waals surface area contributed by atoms with Crippen LogP contribution in [0.25, 0.3) is 0 Å². The first-order valence-electron chi connectivity index (χ1n) is 7.30. The predicted molar refractivity (Wildman–Crippen MR) is 77.2 cm³/mol. The summed E-state index contributed by atoms with van der Waals surface area (Å²) in [5.74, 6) is 0.340. The minimum Gasteiger partial charge on any atom is -0.383 e. The fourth-order valence-electron chi connectivity index (χ4n) is 2.69. The molecule has 112 valence electrons. The molecule has 2 unspecified atom stereocenters. The zero-order valence-corrected chi connectivity index (χ0v) is 12.8. The number of amides is 1. The molecule has 0 bridgehead atoms. The van der Waals surface area contributed by atoms with Crippen LogP contribution in [-0.4, -0.2) is 75.2 Å². The van der Waals surface area contributed by atoms with Crippen LogP contribution in [0.3, 0.4) is 0 Å². The van der Waals surface area contributed by atoms with Crippen LogP contribution in [-0.2, 0) is 9.53 Å². The SMILES string of the molecule is CCC1CN(C(=O)C(C)CNC)CCN1CCOC. The molecule has 19 heavy (non-hydrogen) atoms. The van der Waals surface area contributed by atoms with Gasteiger partial charge in [-0.15, -0.1) is 0 Å². The van der Waals surface area contributed by atoms with Gasteiger partial charge in [0.2, 0.25) is 5.91 Å². The second kappa shape index (κ2) is 8.51. The molecule has 5 heteroatoms. The summed E-state index contributed by atoms with van der Waals surface area (Å²) in [5, 5.41) is 3.07. The van der Waals surface area contributed by atoms with E-state index in [9.17, 15) is 4.79 Å². The molecule has 1 rings (SSSR count). The summed E-state index contributed by atoms with van der Waals surface area (Å²) in [5.41, 5.74) is 0. The largest absolute Gasteiger partial charge is 0.383 e. The maximum atomic E-state index is 12.3. The van der Waals surface area contributed by atoms with Crippen molar-refractivity contribution in [3.63, 3.8) is 0 Å². The molecule has 0 aromatic rings. The summed E-state index contributed by atoms with van der Waals surface area (Å²) in [6, 6.07) is 0.467. The molecular weight excluding hydrogens is 242 g/mol. The van der Waals surface area contributed by atoms with Crippen molar-refractivity contribution in [3.8, 4) is 0 Å². The van der Waals surface area contributed by atoms with Crippen molar-refractivity contribution in [2.75, 3.05) is 53.5 Å². The van der Waals surface area contributed by atoms with Crippen molar-refractivity contribution >= 4 is 5.91 Å². The average molecular weight is 271 g/mol. The number of rotatable bonds is 7. The van der Waals surface area contributed by atoms with Gasteiger partial charge >= 0.3 is 0 Å². The Balaban J connectivity index is 2.51. The minimum atomic E-state index is 0.0630. The number of carbonyl (C=O) groups excluding carboxylic acids is 1. The molecule has 0 aromatic carbocycles. The topological polar surface area (TPSA) is 44.8 Å². The van der Waals surface area contributed by atoms with E-state index in [1.165, 1.54) is 0 Å². The molecule has 1 saturated heterocycles. The van der Waals surface area contributed by atoms with Gasteiger partial charge in [-0.3, -0.25) is 9.69 Å². The molecule has 1 heterocycles. The van der Waals surface area contributed by atoms with E-state index in [1.807, 2.05) is 18.9 Å². The first-order chi connectivity index (χ1) is 9.13. The lowest BCUT2D eigenvalue weighted by Gasteiger charge is -2.41. The molecule has 2 atom stereocenters. The molecule has 1 aliphatic rings. The summed E-state index contributed by atoms with van der Waals surface area (Å²) in [6.45, 7) is 9.32. The summed E-state index contributed by atoms with van der Waals surface area (Å²) in [6.07, 6.45) is 1.08. The van der Waals surface area contributed by atoms with Crippen LogP contribution in [0.4, 0.5) is 0 Å². The zero-order valence-electron chi connectivity index (χ0n) is 12.8. The smallest absolute Gasteiger partial charge is 0.226 e. The van der Waals surface area contributed by atoms with Gasteiger partial charge in [-0.05, 0) is 13.5 Å². The molecule has 0 spiro atoms. The molecule has 1 fully saturated rings. The Morgan fingerprint density at radius 1 is 1.47 bits per heavy atom. The number of nitrogens with zero attached hydrogens (tertiary/aromatic N) is 2. The molecule has 5 nitrogen and oxygen atoms in total. The molecule has 1 amide bonds. The number of methoxy groups -OCH3 is 1. The highest BCUT2D eigenvalue weighted by Crippen LogP contribution is 2.14. The van der Waals surface area contributed by atoms with Crippen molar-refractivity contribution in [1.82, 2.24) is 15.1 Å². The fourth-order valence-corrected chi connectivity index (χ4v) is 2.69. The molecular formula is C14H29N3O2. The van der Waals surface area contributed by atoms with E-state index in [-0.39, 0.29) is 11.8 Å². The van der Waals surface area contributed by atoms with Gasteiger partial charge in [-0.25, -0.2) is 0 Å². The first-order valence-corrected chi connectivity index (χ1v) is 7.30. The number of nitrogens with one attached hydrogen (secondary N) is 1. The maximum absolute atomic E-state index is 12.3. The Hall–Kier alpha value is -0.650. The highest BCUT2D eigenvalue weighted by molar-refractivity contribution is 5.78. The van der Waals surface area contributed by atoms with Crippen molar-refractivity contribution < 1.29 is 9.53 Å². The van der Waals surface area contributed by atoms with Crippen LogP contribution in [0.2, 0.25) is 0 Å². The standard InChI is InChI=1S/C14H29N3O2/c1-5-13-11-17(14(18)12(2)10-15-3)7-6-16(13)8-9-19-4/h12-13,15H,5-11H2,1-4H3. The Kier molecular flexibility index (Phi) is 7.34. The first kappa shape index (κ1) is 16.4. The molecule has 0 radical (unpaired) electrons. The van der Waals surface area contributed by atoms with Crippen molar-refractivity contribution in [2.24, 2.45) is 5.92 Å². The molecule has 0 aromatic heterocycles. The van der Waals surface area contributed by atoms with Gasteiger partial charge in [0.25, 0.3) is 0 Å². The van der Waals surface area contributed by atoms with Gasteiger partial charge < -0.3 is 15.0 Å². The number of carbonyl (C=O) groups is 1. The number of hydrogen-bond donors (Lipinski definition) is 1. The van der Waals surface area contributed by atoms with E-state index in [0.29, 0.717) is 6.04 Å². The van der Waals surface area contributed by atoms with E-state index in [2.05, 4.69) is 17.1 Å². The quantitative estimate of drug-likeness (QED) is 0.728. The third-order valence-electron chi connectivity index (χ3n) is 3.90. The average Bonchev–Trinajstić information content (AvgIpc) is 2.44. The number of ether oxygens (including phenoxy) is 1. The van der Waals surface area contributed by atoms with Crippen LogP contribution >= 0.6 is 0 Å². The fraction of sp³-hybridized carbons (Fsp3) is 0.929. The van der Waals surface area contributed by atoms with Gasteiger partial charge in [-0.1, -0.05) is 13.8 Å². The molecule has 1 N–H and O–H groups in total. The van der Waals surface area contributed by atoms with Crippen LogP contribution in [0, 0.1) is 5.92 Å². The molecule has 1 aliphatic heterocycles. The van der Waals surface area contributed by atoms with Crippen LogP contribution in [0.5, 0.6) is 0 Å². The van der Waals surface area contributed by atoms with Gasteiger partial charge in [-0.2, -0.15) is 0 Å². The Morgan fingerprint density at radius 3 is 2.79 bits per heavy atom. The molecule has 0 aliphatic carbocycles. The number of hydrogen-bond acceptors (Lipinski definition) is 4. The Bertz CT molecular complexity index is 273. The van der Waals surface area contributed by atoms with Crippen molar-refractivity contribution in [1.29, 1.82) is 0 Å². The van der Waals surface area contributed by atoms with E-state index in [4.69, 9.17) is 4.74 Å². The summed E-state index contributed by atoms with van der Waals surface area (Å²) in [4.78, 5) is 16.8. The second-order valence-corrected chi connectivity index (χ2v) is 5.33. The summed E-state index contributed by atoms with van der Waals surface area (Å²) < 4.78 is 5.15. The monoisotopic (exact) mass is 271 g/mol. The molecule has 0 saturated carbocycles. The Labute approximate surface area is 117 Å². The lowest BCUT2D eigenvalue weighted by Crippen LogP contribution is -2.56. The maximum Gasteiger partial charge on any atom is 0.226 e. The number of piperazine rings is 1. The second-order valence-electron chi connectivity index (χ2n) is 5.33. The lowest BCUT2D eigenvalue weighted by atomic mass is 10.1. The van der Waals surface area contributed by atoms with E-state index in [1.54, 1.807) is 7.11 Å². The predicted octanol–water partition coefficient (Wildman–Crippen LogP) is 0.411. The van der Waals surface area contributed by atoms with E-state index >= 15 is 0 Å². The normalized spacial score (nSPS) is 22.5. The summed E-state index contributed by atoms with van der Waals surface area (Å²) in [7, 11) is 3.63. The third-order valence-corrected chi connectivity index (χ3v) is 3.90. The highest BCUT2D eigenvalue weighted by atomic mass is 16.5. The minimum absolute atomic E-state index is 0.0630. The zero-order chi connectivity index (χ0) is 14.3. The van der Waals surface area contributed by atoms with Crippen LogP contribution < -0.4 is 5.32 Å². The van der Waals surface area contributed by atoms with Gasteiger partial charge in [0.1, 0.15) is 0 Å². The van der Waals surface area contributed by atoms with Gasteiger partial charge in [0.05, 0.1) is 6.61 Å². The van der Waals surface area contributed by atoms with E-state index < -0.39 is 0 Å².